The predicted molar refractivity (Wildman–Crippen MR) is 139 cm³/mol. The number of hydrogen-bond donors (Lipinski definition) is 1. The highest BCUT2D eigenvalue weighted by atomic mass is 79.9. The van der Waals surface area contributed by atoms with Crippen LogP contribution in [0.2, 0.25) is 0 Å². The molecule has 170 valence electrons. The molecular weight excluding hydrogens is 582 g/mol. The van der Waals surface area contributed by atoms with E-state index in [0.29, 0.717) is 10.4 Å². The number of nitrogens with one attached hydrogen (secondary N) is 1. The maximum atomic E-state index is 13.4. The van der Waals surface area contributed by atoms with Gasteiger partial charge in [-0.05, 0) is 53.6 Å². The molecule has 7 nitrogen and oxygen atoms in total. The molecule has 1 N–H and O–H groups in total. The molecule has 5 rings (SSSR count). The van der Waals surface area contributed by atoms with Crippen molar-refractivity contribution in [1.29, 1.82) is 0 Å². The Balaban J connectivity index is 1.43. The van der Waals surface area contributed by atoms with Gasteiger partial charge in [-0.25, -0.2) is 9.69 Å². The zero-order chi connectivity index (χ0) is 23.7. The van der Waals surface area contributed by atoms with Gasteiger partial charge in [0.25, 0.3) is 11.8 Å². The first-order valence-corrected chi connectivity index (χ1v) is 12.8. The number of carbonyl (C=O) groups is 2. The van der Waals surface area contributed by atoms with E-state index in [4.69, 9.17) is 0 Å². The van der Waals surface area contributed by atoms with Crippen molar-refractivity contribution in [2.24, 2.45) is 0 Å². The smallest absolute Gasteiger partial charge is 0.271 e. The molecule has 2 amide bonds. The maximum absolute atomic E-state index is 13.4. The minimum atomic E-state index is -0.417. The molecule has 0 aliphatic carbocycles. The number of aromatic nitrogens is 3. The number of carbonyl (C=O) groups excluding carboxylic acids is 2. The van der Waals surface area contributed by atoms with Crippen LogP contribution in [0.4, 0.5) is 0 Å². The summed E-state index contributed by atoms with van der Waals surface area (Å²) >= 11 is 8.36. The zero-order valence-electron chi connectivity index (χ0n) is 17.6. The van der Waals surface area contributed by atoms with Crippen LogP contribution in [-0.2, 0) is 16.1 Å². The van der Waals surface area contributed by atoms with Crippen molar-refractivity contribution in [2.45, 2.75) is 11.9 Å². The van der Waals surface area contributed by atoms with E-state index in [1.54, 1.807) is 0 Å². The van der Waals surface area contributed by atoms with Crippen molar-refractivity contribution in [1.82, 2.24) is 25.4 Å². The maximum Gasteiger partial charge on any atom is 0.280 e. The highest BCUT2D eigenvalue weighted by molar-refractivity contribution is 9.10. The van der Waals surface area contributed by atoms with Crippen LogP contribution in [0.25, 0.3) is 17.1 Å². The summed E-state index contributed by atoms with van der Waals surface area (Å²) in [6, 6.07) is 22.8. The van der Waals surface area contributed by atoms with Crippen LogP contribution in [0, 0.1) is 0 Å². The summed E-state index contributed by atoms with van der Waals surface area (Å²) < 4.78 is 3.33. The molecule has 0 radical (unpaired) electrons. The fourth-order valence-corrected chi connectivity index (χ4v) is 5.63. The minimum Gasteiger partial charge on any atom is -0.271 e. The number of thioether (sulfide) groups is 1. The molecule has 1 atom stereocenters. The Morgan fingerprint density at radius 2 is 1.79 bits per heavy atom. The van der Waals surface area contributed by atoms with Crippen molar-refractivity contribution in [2.75, 3.05) is 0 Å². The van der Waals surface area contributed by atoms with Crippen LogP contribution in [0.5, 0.6) is 0 Å². The highest BCUT2D eigenvalue weighted by Gasteiger charge is 2.38. The molecule has 1 saturated heterocycles. The van der Waals surface area contributed by atoms with Gasteiger partial charge in [0.1, 0.15) is 17.4 Å². The molecule has 0 bridgehead atoms. The van der Waals surface area contributed by atoms with Gasteiger partial charge in [0, 0.05) is 8.95 Å². The number of halogens is 2. The molecule has 0 spiro atoms. The Hall–Kier alpha value is -2.95. The fourth-order valence-electron chi connectivity index (χ4n) is 3.62. The van der Waals surface area contributed by atoms with E-state index in [1.807, 2.05) is 78.9 Å². The van der Waals surface area contributed by atoms with E-state index < -0.39 is 5.37 Å². The number of rotatable bonds is 5. The van der Waals surface area contributed by atoms with Crippen LogP contribution < -0.4 is 5.43 Å². The van der Waals surface area contributed by atoms with E-state index in [-0.39, 0.29) is 18.4 Å². The zero-order valence-corrected chi connectivity index (χ0v) is 21.5. The van der Waals surface area contributed by atoms with Gasteiger partial charge in [0.05, 0.1) is 10.4 Å². The molecule has 2 heterocycles. The summed E-state index contributed by atoms with van der Waals surface area (Å²) in [5.41, 5.74) is 6.02. The SMILES string of the molecule is O=C(Cn1nnc2ccccc21)NN1C(=O)/C(=C/c2cccc(Br)c2)SC1c1cccc(Br)c1. The van der Waals surface area contributed by atoms with Crippen molar-refractivity contribution in [3.8, 4) is 0 Å². The summed E-state index contributed by atoms with van der Waals surface area (Å²) in [7, 11) is 0. The van der Waals surface area contributed by atoms with Gasteiger partial charge in [0.15, 0.2) is 0 Å². The summed E-state index contributed by atoms with van der Waals surface area (Å²) in [6.07, 6.45) is 1.83. The molecule has 1 aliphatic rings. The molecule has 10 heteroatoms. The highest BCUT2D eigenvalue weighted by Crippen LogP contribution is 2.45. The molecular formula is C24H17Br2N5O2S. The lowest BCUT2D eigenvalue weighted by atomic mass is 10.2. The number of hydrazine groups is 1. The molecule has 1 unspecified atom stereocenters. The first kappa shape index (κ1) is 22.8. The predicted octanol–water partition coefficient (Wildman–Crippen LogP) is 5.30. The first-order chi connectivity index (χ1) is 16.5. The van der Waals surface area contributed by atoms with Gasteiger partial charge >= 0.3 is 0 Å². The normalized spacial score (nSPS) is 17.0. The molecule has 4 aromatic rings. The number of benzene rings is 3. The Kier molecular flexibility index (Phi) is 6.53. The van der Waals surface area contributed by atoms with Crippen molar-refractivity contribution >= 4 is 72.5 Å². The van der Waals surface area contributed by atoms with E-state index >= 15 is 0 Å². The number of nitrogens with zero attached hydrogens (tertiary/aromatic N) is 4. The number of amides is 2. The van der Waals surface area contributed by atoms with Gasteiger partial charge in [-0.2, -0.15) is 0 Å². The van der Waals surface area contributed by atoms with Gasteiger partial charge in [-0.1, -0.05) is 85.2 Å². The molecule has 1 aliphatic heterocycles. The summed E-state index contributed by atoms with van der Waals surface area (Å²) in [4.78, 5) is 26.9. The summed E-state index contributed by atoms with van der Waals surface area (Å²) in [5.74, 6) is -0.639. The quantitative estimate of drug-likeness (QED) is 0.315. The lowest BCUT2D eigenvalue weighted by Gasteiger charge is -2.24. The second-order valence-electron chi connectivity index (χ2n) is 7.53. The van der Waals surface area contributed by atoms with Crippen LogP contribution in [-0.4, -0.2) is 31.8 Å². The third-order valence-corrected chi connectivity index (χ3v) is 7.38. The third kappa shape index (κ3) is 4.79. The lowest BCUT2D eigenvalue weighted by molar-refractivity contribution is -0.138. The lowest BCUT2D eigenvalue weighted by Crippen LogP contribution is -2.45. The Labute approximate surface area is 216 Å². The van der Waals surface area contributed by atoms with Gasteiger partial charge in [0.2, 0.25) is 0 Å². The number of hydrogen-bond acceptors (Lipinski definition) is 5. The van der Waals surface area contributed by atoms with E-state index in [0.717, 1.165) is 25.6 Å². The van der Waals surface area contributed by atoms with Crippen molar-refractivity contribution in [3.05, 3.63) is 97.8 Å². The second-order valence-corrected chi connectivity index (χ2v) is 10.5. The third-order valence-electron chi connectivity index (χ3n) is 5.14. The summed E-state index contributed by atoms with van der Waals surface area (Å²) in [5, 5.41) is 9.13. The van der Waals surface area contributed by atoms with E-state index in [2.05, 4.69) is 47.6 Å². The molecule has 1 fully saturated rings. The molecule has 1 aromatic heterocycles. The van der Waals surface area contributed by atoms with Gasteiger partial charge < -0.3 is 0 Å². The molecule has 3 aromatic carbocycles. The fraction of sp³-hybridized carbons (Fsp3) is 0.0833. The largest absolute Gasteiger partial charge is 0.280 e. The number of para-hydroxylation sites is 1. The van der Waals surface area contributed by atoms with Crippen LogP contribution in [0.1, 0.15) is 16.5 Å². The van der Waals surface area contributed by atoms with Crippen molar-refractivity contribution < 1.29 is 9.59 Å². The minimum absolute atomic E-state index is 0.0646. The topological polar surface area (TPSA) is 80.1 Å². The second kappa shape index (κ2) is 9.73. The van der Waals surface area contributed by atoms with E-state index in [1.165, 1.54) is 21.5 Å². The van der Waals surface area contributed by atoms with E-state index in [9.17, 15) is 9.59 Å². The van der Waals surface area contributed by atoms with Crippen LogP contribution in [0.15, 0.2) is 86.6 Å². The number of fused-ring (bicyclic) bond motifs is 1. The Morgan fingerprint density at radius 1 is 1.03 bits per heavy atom. The van der Waals surface area contributed by atoms with Crippen molar-refractivity contribution in [3.63, 3.8) is 0 Å². The summed E-state index contributed by atoms with van der Waals surface area (Å²) in [6.45, 7) is -0.0646. The average molecular weight is 599 g/mol. The van der Waals surface area contributed by atoms with Gasteiger partial charge in [-0.3, -0.25) is 15.0 Å². The van der Waals surface area contributed by atoms with Crippen LogP contribution >= 0.6 is 43.6 Å². The molecule has 34 heavy (non-hydrogen) atoms. The van der Waals surface area contributed by atoms with Crippen LogP contribution in [0.3, 0.4) is 0 Å². The first-order valence-electron chi connectivity index (χ1n) is 10.3. The standard InChI is InChI=1S/C24H17Br2N5O2S/c25-17-7-3-5-15(11-17)12-21-23(33)31(24(34-21)16-6-4-8-18(26)13-16)28-22(32)14-30-20-10-2-1-9-19(20)27-29-30/h1-13,24H,14H2,(H,28,32)/b21-12-. The molecule has 0 saturated carbocycles. The van der Waals surface area contributed by atoms with Gasteiger partial charge in [-0.15, -0.1) is 5.10 Å². The Morgan fingerprint density at radius 3 is 2.59 bits per heavy atom. The monoisotopic (exact) mass is 597 g/mol. The Bertz CT molecular complexity index is 1440. The average Bonchev–Trinajstić information content (AvgIpc) is 3.35.